The zero-order valence-corrected chi connectivity index (χ0v) is 19.4. The van der Waals surface area contributed by atoms with Gasteiger partial charge in [0.2, 0.25) is 0 Å². The number of anilines is 1. The van der Waals surface area contributed by atoms with Crippen LogP contribution >= 0.6 is 0 Å². The van der Waals surface area contributed by atoms with Crippen molar-refractivity contribution in [3.63, 3.8) is 0 Å². The maximum atomic E-state index is 14.5. The molecule has 1 saturated heterocycles. The number of nitrogens with one attached hydrogen (secondary N) is 1. The molecular weight excluding hydrogens is 464 g/mol. The van der Waals surface area contributed by atoms with Crippen molar-refractivity contribution in [3.8, 4) is 0 Å². The highest BCUT2D eigenvalue weighted by Gasteiger charge is 2.31. The molecule has 11 heteroatoms. The number of aromatic nitrogens is 2. The SMILES string of the molecule is CN(CC1CC1)S(=O)(=O)NC(=O)c1cnn2ccc(N3CCC[C@@H]3c3cc(F)ccc3F)cc12. The first-order chi connectivity index (χ1) is 16.2. The van der Waals surface area contributed by atoms with Crippen molar-refractivity contribution in [2.75, 3.05) is 25.0 Å². The minimum absolute atomic E-state index is 0.109. The van der Waals surface area contributed by atoms with E-state index in [0.717, 1.165) is 35.7 Å². The second-order valence-corrected chi connectivity index (χ2v) is 10.7. The largest absolute Gasteiger partial charge is 0.364 e. The summed E-state index contributed by atoms with van der Waals surface area (Å²) in [5, 5.41) is 4.16. The van der Waals surface area contributed by atoms with Gasteiger partial charge in [0.05, 0.1) is 23.3 Å². The van der Waals surface area contributed by atoms with Gasteiger partial charge in [-0.3, -0.25) is 4.79 Å². The van der Waals surface area contributed by atoms with E-state index in [1.807, 2.05) is 4.90 Å². The fourth-order valence-corrected chi connectivity index (χ4v) is 5.41. The minimum Gasteiger partial charge on any atom is -0.364 e. The van der Waals surface area contributed by atoms with E-state index >= 15 is 0 Å². The van der Waals surface area contributed by atoms with Crippen LogP contribution in [-0.2, 0) is 10.2 Å². The summed E-state index contributed by atoms with van der Waals surface area (Å²) in [5.74, 6) is -1.40. The molecule has 2 fully saturated rings. The fourth-order valence-electron chi connectivity index (χ4n) is 4.50. The van der Waals surface area contributed by atoms with E-state index in [1.54, 1.807) is 18.3 Å². The first kappa shape index (κ1) is 22.7. The number of hydrogen-bond acceptors (Lipinski definition) is 5. The highest BCUT2D eigenvalue weighted by Crippen LogP contribution is 2.38. The van der Waals surface area contributed by atoms with Gasteiger partial charge in [0, 0.05) is 37.6 Å². The molecule has 1 aliphatic heterocycles. The van der Waals surface area contributed by atoms with Crippen molar-refractivity contribution in [1.82, 2.24) is 18.6 Å². The number of hydrogen-bond donors (Lipinski definition) is 1. The molecule has 1 aliphatic carbocycles. The maximum Gasteiger partial charge on any atom is 0.303 e. The van der Waals surface area contributed by atoms with Crippen LogP contribution in [-0.4, -0.2) is 48.4 Å². The molecule has 1 N–H and O–H groups in total. The monoisotopic (exact) mass is 489 g/mol. The van der Waals surface area contributed by atoms with E-state index in [-0.39, 0.29) is 17.2 Å². The Labute approximate surface area is 196 Å². The van der Waals surface area contributed by atoms with Gasteiger partial charge in [-0.05, 0) is 61.9 Å². The molecule has 0 radical (unpaired) electrons. The summed E-state index contributed by atoms with van der Waals surface area (Å²) < 4.78 is 58.2. The predicted molar refractivity (Wildman–Crippen MR) is 123 cm³/mol. The maximum absolute atomic E-state index is 14.5. The molecule has 2 aliphatic rings. The van der Waals surface area contributed by atoms with Crippen LogP contribution in [0.3, 0.4) is 0 Å². The Morgan fingerprint density at radius 2 is 2.00 bits per heavy atom. The molecule has 3 heterocycles. The van der Waals surface area contributed by atoms with Gasteiger partial charge in [-0.1, -0.05) is 0 Å². The van der Waals surface area contributed by atoms with E-state index < -0.39 is 27.8 Å². The zero-order chi connectivity index (χ0) is 24.0. The molecule has 0 bridgehead atoms. The molecule has 1 amide bonds. The van der Waals surface area contributed by atoms with Crippen molar-refractivity contribution in [2.45, 2.75) is 31.7 Å². The molecule has 8 nitrogen and oxygen atoms in total. The highest BCUT2D eigenvalue weighted by molar-refractivity contribution is 7.87. The normalized spacial score (nSPS) is 18.7. The number of nitrogens with zero attached hydrogens (tertiary/aromatic N) is 4. The Kier molecular flexibility index (Phi) is 5.76. The number of pyridine rings is 1. The lowest BCUT2D eigenvalue weighted by atomic mass is 10.0. The number of fused-ring (bicyclic) bond motifs is 1. The number of amides is 1. The lowest BCUT2D eigenvalue weighted by molar-refractivity contribution is 0.0981. The molecule has 180 valence electrons. The lowest BCUT2D eigenvalue weighted by Gasteiger charge is -2.27. The van der Waals surface area contributed by atoms with Crippen molar-refractivity contribution >= 4 is 27.3 Å². The van der Waals surface area contributed by atoms with Crippen molar-refractivity contribution in [1.29, 1.82) is 0 Å². The molecule has 0 unspecified atom stereocenters. The highest BCUT2D eigenvalue weighted by atomic mass is 32.2. The van der Waals surface area contributed by atoms with Gasteiger partial charge in [0.1, 0.15) is 11.6 Å². The summed E-state index contributed by atoms with van der Waals surface area (Å²) in [6, 6.07) is 6.60. The molecular formula is C23H25F2N5O3S. The minimum atomic E-state index is -3.98. The predicted octanol–water partition coefficient (Wildman–Crippen LogP) is 3.27. The lowest BCUT2D eigenvalue weighted by Crippen LogP contribution is -2.42. The zero-order valence-electron chi connectivity index (χ0n) is 18.6. The van der Waals surface area contributed by atoms with Gasteiger partial charge in [0.15, 0.2) is 0 Å². The summed E-state index contributed by atoms with van der Waals surface area (Å²) in [7, 11) is -2.53. The number of benzene rings is 1. The molecule has 3 aromatic rings. The van der Waals surface area contributed by atoms with Crippen LogP contribution in [0.2, 0.25) is 0 Å². The van der Waals surface area contributed by atoms with Gasteiger partial charge in [-0.2, -0.15) is 17.8 Å². The van der Waals surface area contributed by atoms with E-state index in [1.165, 1.54) is 23.8 Å². The van der Waals surface area contributed by atoms with Crippen LogP contribution < -0.4 is 9.62 Å². The molecule has 0 spiro atoms. The van der Waals surface area contributed by atoms with E-state index in [4.69, 9.17) is 0 Å². The van der Waals surface area contributed by atoms with Crippen LogP contribution in [0, 0.1) is 17.6 Å². The number of rotatable bonds is 7. The van der Waals surface area contributed by atoms with Gasteiger partial charge in [0.25, 0.3) is 5.91 Å². The van der Waals surface area contributed by atoms with E-state index in [0.29, 0.717) is 36.6 Å². The molecule has 5 rings (SSSR count). The average Bonchev–Trinajstić information content (AvgIpc) is 3.31. The Bertz CT molecular complexity index is 1360. The smallest absolute Gasteiger partial charge is 0.303 e. The topological polar surface area (TPSA) is 87.0 Å². The Balaban J connectivity index is 1.42. The Hall–Kier alpha value is -3.05. The van der Waals surface area contributed by atoms with E-state index in [9.17, 15) is 22.0 Å². The van der Waals surface area contributed by atoms with Crippen LogP contribution in [0.25, 0.3) is 5.52 Å². The second kappa shape index (κ2) is 8.62. The van der Waals surface area contributed by atoms with Gasteiger partial charge < -0.3 is 4.90 Å². The number of carbonyl (C=O) groups is 1. The van der Waals surface area contributed by atoms with Gasteiger partial charge in [-0.15, -0.1) is 0 Å². The number of carbonyl (C=O) groups excluding carboxylic acids is 1. The van der Waals surface area contributed by atoms with Gasteiger partial charge in [-0.25, -0.2) is 18.0 Å². The third-order valence-corrected chi connectivity index (χ3v) is 7.91. The summed E-state index contributed by atoms with van der Waals surface area (Å²) in [4.78, 5) is 14.8. The average molecular weight is 490 g/mol. The number of halogens is 2. The van der Waals surface area contributed by atoms with Crippen LogP contribution in [0.1, 0.15) is 47.6 Å². The fraction of sp³-hybridized carbons (Fsp3) is 0.391. The summed E-state index contributed by atoms with van der Waals surface area (Å²) in [6.07, 6.45) is 6.40. The molecule has 34 heavy (non-hydrogen) atoms. The third kappa shape index (κ3) is 4.37. The van der Waals surface area contributed by atoms with Crippen LogP contribution in [0.4, 0.5) is 14.5 Å². The Morgan fingerprint density at radius 3 is 2.76 bits per heavy atom. The van der Waals surface area contributed by atoms with Crippen molar-refractivity contribution in [3.05, 3.63) is 65.5 Å². The first-order valence-corrected chi connectivity index (χ1v) is 12.6. The van der Waals surface area contributed by atoms with Crippen molar-refractivity contribution < 1.29 is 22.0 Å². The van der Waals surface area contributed by atoms with E-state index in [2.05, 4.69) is 9.82 Å². The standard InChI is InChI=1S/C23H25F2N5O3S/c1-28(14-15-4-5-15)34(32,33)27-23(31)19-13-26-30-10-8-17(12-22(19)30)29-9-2-3-21(29)18-11-16(24)6-7-20(18)25/h6-8,10-13,15,21H,2-5,9,14H2,1H3,(H,27,31)/t21-/m1/s1. The summed E-state index contributed by atoms with van der Waals surface area (Å²) in [5.41, 5.74) is 1.52. The van der Waals surface area contributed by atoms with Crippen LogP contribution in [0.5, 0.6) is 0 Å². The quantitative estimate of drug-likeness (QED) is 0.551. The molecule has 2 aromatic heterocycles. The van der Waals surface area contributed by atoms with Crippen molar-refractivity contribution in [2.24, 2.45) is 5.92 Å². The molecule has 1 saturated carbocycles. The summed E-state index contributed by atoms with van der Waals surface area (Å²) >= 11 is 0. The Morgan fingerprint density at radius 1 is 1.21 bits per heavy atom. The second-order valence-electron chi connectivity index (χ2n) is 8.95. The molecule has 1 atom stereocenters. The third-order valence-electron chi connectivity index (χ3n) is 6.50. The first-order valence-electron chi connectivity index (χ1n) is 11.2. The molecule has 1 aromatic carbocycles. The van der Waals surface area contributed by atoms with Gasteiger partial charge >= 0.3 is 10.2 Å². The van der Waals surface area contributed by atoms with Crippen LogP contribution in [0.15, 0.2) is 42.7 Å². The summed E-state index contributed by atoms with van der Waals surface area (Å²) in [6.45, 7) is 1.00.